The number of para-hydroxylation sites is 1. The molecule has 1 unspecified atom stereocenters. The zero-order valence-electron chi connectivity index (χ0n) is 21.2. The zero-order chi connectivity index (χ0) is 26.3. The molecule has 0 saturated carbocycles. The van der Waals surface area contributed by atoms with Crippen molar-refractivity contribution in [2.24, 2.45) is 0 Å². The number of hydrogen-bond acceptors (Lipinski definition) is 6. The van der Waals surface area contributed by atoms with Crippen LogP contribution in [0.5, 0.6) is 11.5 Å². The fourth-order valence-corrected chi connectivity index (χ4v) is 5.46. The van der Waals surface area contributed by atoms with Gasteiger partial charge in [-0.15, -0.1) is 0 Å². The fourth-order valence-electron chi connectivity index (χ4n) is 4.29. The summed E-state index contributed by atoms with van der Waals surface area (Å²) in [7, 11) is -3.72. The molecule has 196 valence electrons. The van der Waals surface area contributed by atoms with Gasteiger partial charge >= 0.3 is 0 Å². The molecular weight excluding hydrogens is 490 g/mol. The maximum Gasteiger partial charge on any atom is 0.243 e. The molecule has 3 aromatic carbocycles. The van der Waals surface area contributed by atoms with Crippen LogP contribution in [0.25, 0.3) is 0 Å². The number of rotatable bonds is 10. The third kappa shape index (κ3) is 7.55. The number of carbonyl (C=O) groups is 1. The van der Waals surface area contributed by atoms with Crippen LogP contribution < -0.4 is 14.4 Å². The molecule has 0 bridgehead atoms. The van der Waals surface area contributed by atoms with Crippen LogP contribution in [0.15, 0.2) is 78.9 Å². The van der Waals surface area contributed by atoms with Gasteiger partial charge in [-0.05, 0) is 54.4 Å². The molecule has 1 aliphatic heterocycles. The minimum Gasteiger partial charge on any atom is -0.457 e. The first-order valence-electron chi connectivity index (χ1n) is 12.3. The molecule has 1 aliphatic rings. The first-order chi connectivity index (χ1) is 17.8. The lowest BCUT2D eigenvalue weighted by molar-refractivity contribution is -0.122. The van der Waals surface area contributed by atoms with Gasteiger partial charge in [0, 0.05) is 26.2 Å². The van der Waals surface area contributed by atoms with E-state index in [9.17, 15) is 13.2 Å². The van der Waals surface area contributed by atoms with E-state index in [0.29, 0.717) is 23.7 Å². The quantitative estimate of drug-likeness (QED) is 0.435. The second-order valence-corrected chi connectivity index (χ2v) is 10.9. The summed E-state index contributed by atoms with van der Waals surface area (Å²) in [5.74, 6) is 0.864. The number of carbonyl (C=O) groups excluding carboxylic acids is 1. The van der Waals surface area contributed by atoms with Gasteiger partial charge < -0.3 is 14.8 Å². The summed E-state index contributed by atoms with van der Waals surface area (Å²) in [6.45, 7) is 6.01. The van der Waals surface area contributed by atoms with E-state index in [4.69, 9.17) is 9.47 Å². The van der Waals surface area contributed by atoms with Crippen molar-refractivity contribution in [3.05, 3.63) is 90.0 Å². The molecule has 0 radical (unpaired) electrons. The average molecular weight is 524 g/mol. The van der Waals surface area contributed by atoms with Crippen LogP contribution in [-0.4, -0.2) is 57.8 Å². The smallest absolute Gasteiger partial charge is 0.243 e. The average Bonchev–Trinajstić information content (AvgIpc) is 2.89. The van der Waals surface area contributed by atoms with E-state index in [-0.39, 0.29) is 5.91 Å². The number of ether oxygens (including phenoxy) is 2. The van der Waals surface area contributed by atoms with Gasteiger partial charge in [0.2, 0.25) is 15.9 Å². The monoisotopic (exact) mass is 523 g/mol. The maximum atomic E-state index is 13.0. The van der Waals surface area contributed by atoms with Crippen molar-refractivity contribution in [1.29, 1.82) is 0 Å². The Kier molecular flexibility index (Phi) is 8.81. The number of amides is 1. The summed E-state index contributed by atoms with van der Waals surface area (Å²) in [6.07, 6.45) is 1.10. The number of hydrogen-bond donors (Lipinski definition) is 1. The van der Waals surface area contributed by atoms with Gasteiger partial charge in [0.1, 0.15) is 17.5 Å². The zero-order valence-corrected chi connectivity index (χ0v) is 22.0. The fraction of sp³-hybridized carbons (Fsp3) is 0.321. The number of benzene rings is 3. The Morgan fingerprint density at radius 2 is 1.62 bits per heavy atom. The molecular formula is C28H33N3O5S. The van der Waals surface area contributed by atoms with E-state index >= 15 is 0 Å². The van der Waals surface area contributed by atoms with E-state index < -0.39 is 16.1 Å². The van der Waals surface area contributed by atoms with Crippen molar-refractivity contribution in [3.63, 3.8) is 0 Å². The molecule has 1 saturated heterocycles. The molecule has 9 heteroatoms. The topological polar surface area (TPSA) is 88.2 Å². The molecule has 37 heavy (non-hydrogen) atoms. The van der Waals surface area contributed by atoms with E-state index in [2.05, 4.69) is 22.3 Å². The second kappa shape index (κ2) is 12.2. The summed E-state index contributed by atoms with van der Waals surface area (Å²) in [5, 5.41) is 2.89. The largest absolute Gasteiger partial charge is 0.457 e. The van der Waals surface area contributed by atoms with Crippen LogP contribution in [0.3, 0.4) is 0 Å². The Labute approximate surface area is 218 Å². The van der Waals surface area contributed by atoms with Gasteiger partial charge in [-0.3, -0.25) is 14.0 Å². The Bertz CT molecular complexity index is 1280. The molecule has 1 atom stereocenters. The van der Waals surface area contributed by atoms with Gasteiger partial charge in [-0.2, -0.15) is 0 Å². The lowest BCUT2D eigenvalue weighted by Gasteiger charge is -2.28. The van der Waals surface area contributed by atoms with Crippen molar-refractivity contribution in [2.45, 2.75) is 26.1 Å². The van der Waals surface area contributed by atoms with Gasteiger partial charge in [-0.25, -0.2) is 8.42 Å². The summed E-state index contributed by atoms with van der Waals surface area (Å²) >= 11 is 0. The number of sulfonamides is 1. The molecule has 0 spiro atoms. The second-order valence-electron chi connectivity index (χ2n) is 9.07. The summed E-state index contributed by atoms with van der Waals surface area (Å²) in [6, 6.07) is 23.1. The minimum absolute atomic E-state index is 0.307. The number of nitrogens with one attached hydrogen (secondary N) is 1. The van der Waals surface area contributed by atoms with E-state index in [0.717, 1.165) is 54.5 Å². The highest BCUT2D eigenvalue weighted by Crippen LogP contribution is 2.27. The van der Waals surface area contributed by atoms with Crippen LogP contribution in [0.2, 0.25) is 0 Å². The van der Waals surface area contributed by atoms with Crippen LogP contribution >= 0.6 is 0 Å². The first kappa shape index (κ1) is 26.7. The maximum absolute atomic E-state index is 13.0. The van der Waals surface area contributed by atoms with Gasteiger partial charge in [0.25, 0.3) is 0 Å². The van der Waals surface area contributed by atoms with Gasteiger partial charge in [-0.1, -0.05) is 42.5 Å². The van der Waals surface area contributed by atoms with Crippen molar-refractivity contribution < 1.29 is 22.7 Å². The molecule has 4 rings (SSSR count). The Morgan fingerprint density at radius 1 is 0.973 bits per heavy atom. The highest BCUT2D eigenvalue weighted by molar-refractivity contribution is 7.92. The predicted molar refractivity (Wildman–Crippen MR) is 144 cm³/mol. The summed E-state index contributed by atoms with van der Waals surface area (Å²) in [4.78, 5) is 15.4. The third-order valence-corrected chi connectivity index (χ3v) is 7.37. The molecule has 1 amide bonds. The lowest BCUT2D eigenvalue weighted by Crippen LogP contribution is -2.47. The van der Waals surface area contributed by atoms with Gasteiger partial charge in [0.05, 0.1) is 25.2 Å². The predicted octanol–water partition coefficient (Wildman–Crippen LogP) is 3.78. The van der Waals surface area contributed by atoms with E-state index in [1.807, 2.05) is 42.5 Å². The minimum atomic E-state index is -3.72. The summed E-state index contributed by atoms with van der Waals surface area (Å²) < 4.78 is 37.7. The van der Waals surface area contributed by atoms with Crippen LogP contribution in [-0.2, 0) is 32.6 Å². The molecule has 1 fully saturated rings. The van der Waals surface area contributed by atoms with Crippen LogP contribution in [0.4, 0.5) is 5.69 Å². The van der Waals surface area contributed by atoms with Crippen molar-refractivity contribution in [3.8, 4) is 11.5 Å². The molecule has 0 aliphatic carbocycles. The van der Waals surface area contributed by atoms with E-state index in [1.165, 1.54) is 0 Å². The summed E-state index contributed by atoms with van der Waals surface area (Å²) in [5.41, 5.74) is 2.51. The number of nitrogens with zero attached hydrogens (tertiary/aromatic N) is 2. The molecule has 8 nitrogen and oxygen atoms in total. The van der Waals surface area contributed by atoms with Crippen molar-refractivity contribution in [1.82, 2.24) is 10.2 Å². The Morgan fingerprint density at radius 3 is 2.30 bits per heavy atom. The molecule has 1 N–H and O–H groups in total. The Hall–Kier alpha value is -3.40. The number of anilines is 1. The van der Waals surface area contributed by atoms with Crippen LogP contribution in [0, 0.1) is 0 Å². The SMILES string of the molecule is CC(C(=O)NCc1cccc(CN2CCOCC2)c1)N(c1ccc(Oc2ccccc2)cc1)S(C)(=O)=O. The molecule has 3 aromatic rings. The normalized spacial score (nSPS) is 15.1. The third-order valence-electron chi connectivity index (χ3n) is 6.13. The highest BCUT2D eigenvalue weighted by atomic mass is 32.2. The Balaban J connectivity index is 1.40. The van der Waals surface area contributed by atoms with Crippen molar-refractivity contribution in [2.75, 3.05) is 36.9 Å². The standard InChI is InChI=1S/C28H33N3O5S/c1-22(28(32)29-20-23-7-6-8-24(19-23)21-30-15-17-35-18-16-30)31(37(2,33)34)25-11-13-27(14-12-25)36-26-9-4-3-5-10-26/h3-14,19,22H,15-18,20-21H2,1-2H3,(H,29,32). The lowest BCUT2D eigenvalue weighted by atomic mass is 10.1. The molecule has 1 heterocycles. The highest BCUT2D eigenvalue weighted by Gasteiger charge is 2.29. The van der Waals surface area contributed by atoms with Gasteiger partial charge in [0.15, 0.2) is 0 Å². The number of morpholine rings is 1. The van der Waals surface area contributed by atoms with Crippen LogP contribution in [0.1, 0.15) is 18.1 Å². The first-order valence-corrected chi connectivity index (χ1v) is 14.1. The van der Waals surface area contributed by atoms with E-state index in [1.54, 1.807) is 31.2 Å². The molecule has 0 aromatic heterocycles. The van der Waals surface area contributed by atoms with Crippen molar-refractivity contribution >= 4 is 21.6 Å².